The molecule has 2 rings (SSSR count). The number of likely N-dealkylation sites (tertiary alicyclic amines) is 1. The molecular weight excluding hydrogens is 140 g/mol. The fourth-order valence-electron chi connectivity index (χ4n) is 2.07. The van der Waals surface area contributed by atoms with E-state index in [1.165, 1.54) is 6.42 Å². The van der Waals surface area contributed by atoms with E-state index in [1.54, 1.807) is 0 Å². The number of nitrogens with one attached hydrogen (secondary N) is 1. The molecule has 0 radical (unpaired) electrons. The maximum atomic E-state index is 11.2. The highest BCUT2D eigenvalue weighted by Gasteiger charge is 2.37. The Kier molecular flexibility index (Phi) is 1.60. The summed E-state index contributed by atoms with van der Waals surface area (Å²) >= 11 is 0. The summed E-state index contributed by atoms with van der Waals surface area (Å²) in [6.45, 7) is 3.02. The number of carbonyl (C=O) groups excluding carboxylic acids is 1. The number of hydrogen-bond acceptors (Lipinski definition) is 2. The fourth-order valence-corrected chi connectivity index (χ4v) is 2.07. The first-order chi connectivity index (χ1) is 5.27. The van der Waals surface area contributed by atoms with Crippen molar-refractivity contribution in [2.24, 2.45) is 11.8 Å². The molecule has 0 unspecified atom stereocenters. The largest absolute Gasteiger partial charge is 0.356 e. The van der Waals surface area contributed by atoms with E-state index in [1.807, 2.05) is 0 Å². The van der Waals surface area contributed by atoms with Gasteiger partial charge in [0.05, 0.1) is 5.92 Å². The fraction of sp³-hybridized carbons (Fsp3) is 0.875. The van der Waals surface area contributed by atoms with Gasteiger partial charge in [0.25, 0.3) is 0 Å². The molecule has 3 heteroatoms. The molecule has 2 aliphatic heterocycles. The van der Waals surface area contributed by atoms with Crippen LogP contribution in [0.1, 0.15) is 6.42 Å². The summed E-state index contributed by atoms with van der Waals surface area (Å²) in [5, 5.41) is 2.92. The molecule has 0 aromatic heterocycles. The van der Waals surface area contributed by atoms with E-state index >= 15 is 0 Å². The van der Waals surface area contributed by atoms with Gasteiger partial charge in [0.15, 0.2) is 0 Å². The van der Waals surface area contributed by atoms with E-state index in [0.29, 0.717) is 5.92 Å². The number of amides is 1. The first-order valence-electron chi connectivity index (χ1n) is 4.23. The molecule has 62 valence electrons. The molecule has 2 heterocycles. The van der Waals surface area contributed by atoms with E-state index < -0.39 is 0 Å². The molecule has 0 aliphatic carbocycles. The molecule has 0 saturated carbocycles. The van der Waals surface area contributed by atoms with Crippen LogP contribution in [-0.4, -0.2) is 37.5 Å². The molecule has 0 aromatic rings. The Balaban J connectivity index is 2.07. The van der Waals surface area contributed by atoms with Crippen LogP contribution in [-0.2, 0) is 4.79 Å². The molecule has 0 aromatic carbocycles. The number of fused-ring (bicyclic) bond motifs is 1. The summed E-state index contributed by atoms with van der Waals surface area (Å²) < 4.78 is 0. The van der Waals surface area contributed by atoms with Gasteiger partial charge in [-0.3, -0.25) is 4.79 Å². The van der Waals surface area contributed by atoms with Gasteiger partial charge in [-0.25, -0.2) is 0 Å². The summed E-state index contributed by atoms with van der Waals surface area (Å²) in [5.41, 5.74) is 0. The molecule has 0 spiro atoms. The lowest BCUT2D eigenvalue weighted by Gasteiger charge is -2.29. The SMILES string of the molecule is CN1CC[C@@H]2CNC(=O)[C@@H]2C1. The number of nitrogens with zero attached hydrogens (tertiary/aromatic N) is 1. The number of hydrogen-bond donors (Lipinski definition) is 1. The normalized spacial score (nSPS) is 38.5. The van der Waals surface area contributed by atoms with Crippen molar-refractivity contribution in [1.29, 1.82) is 0 Å². The Morgan fingerprint density at radius 2 is 2.45 bits per heavy atom. The number of rotatable bonds is 0. The zero-order chi connectivity index (χ0) is 7.84. The minimum atomic E-state index is 0.265. The zero-order valence-electron chi connectivity index (χ0n) is 6.84. The van der Waals surface area contributed by atoms with E-state index in [9.17, 15) is 4.79 Å². The predicted octanol–water partition coefficient (Wildman–Crippen LogP) is -0.316. The van der Waals surface area contributed by atoms with Crippen LogP contribution in [0.15, 0.2) is 0 Å². The molecule has 2 fully saturated rings. The first kappa shape index (κ1) is 7.10. The van der Waals surface area contributed by atoms with Gasteiger partial charge in [-0.15, -0.1) is 0 Å². The summed E-state index contributed by atoms with van der Waals surface area (Å²) in [4.78, 5) is 13.5. The van der Waals surface area contributed by atoms with Crippen molar-refractivity contribution in [2.75, 3.05) is 26.7 Å². The van der Waals surface area contributed by atoms with Crippen LogP contribution in [0.5, 0.6) is 0 Å². The average Bonchev–Trinajstić information content (AvgIpc) is 2.33. The molecule has 0 bridgehead atoms. The smallest absolute Gasteiger partial charge is 0.224 e. The molecule has 2 atom stereocenters. The van der Waals surface area contributed by atoms with Gasteiger partial charge in [0, 0.05) is 13.1 Å². The maximum Gasteiger partial charge on any atom is 0.224 e. The summed E-state index contributed by atoms with van der Waals surface area (Å²) in [6, 6.07) is 0. The van der Waals surface area contributed by atoms with Gasteiger partial charge < -0.3 is 10.2 Å². The highest BCUT2D eigenvalue weighted by atomic mass is 16.2. The van der Waals surface area contributed by atoms with Gasteiger partial charge in [-0.1, -0.05) is 0 Å². The van der Waals surface area contributed by atoms with Crippen LogP contribution in [0.25, 0.3) is 0 Å². The van der Waals surface area contributed by atoms with Crippen LogP contribution < -0.4 is 5.32 Å². The Bertz CT molecular complexity index is 181. The summed E-state index contributed by atoms with van der Waals surface area (Å²) in [7, 11) is 2.09. The molecule has 2 aliphatic rings. The van der Waals surface area contributed by atoms with Crippen molar-refractivity contribution < 1.29 is 4.79 Å². The quantitative estimate of drug-likeness (QED) is 0.519. The van der Waals surface area contributed by atoms with Crippen molar-refractivity contribution in [3.05, 3.63) is 0 Å². The van der Waals surface area contributed by atoms with Gasteiger partial charge >= 0.3 is 0 Å². The number of carbonyl (C=O) groups is 1. The highest BCUT2D eigenvalue weighted by molar-refractivity contribution is 5.81. The second-order valence-electron chi connectivity index (χ2n) is 3.66. The molecule has 3 nitrogen and oxygen atoms in total. The van der Waals surface area contributed by atoms with Crippen LogP contribution in [0.2, 0.25) is 0 Å². The second kappa shape index (κ2) is 2.48. The minimum Gasteiger partial charge on any atom is -0.356 e. The third kappa shape index (κ3) is 1.13. The van der Waals surface area contributed by atoms with Gasteiger partial charge in [0.2, 0.25) is 5.91 Å². The Hall–Kier alpha value is -0.570. The van der Waals surface area contributed by atoms with E-state index in [4.69, 9.17) is 0 Å². The van der Waals surface area contributed by atoms with Gasteiger partial charge in [0.1, 0.15) is 0 Å². The molecule has 1 N–H and O–H groups in total. The van der Waals surface area contributed by atoms with Crippen molar-refractivity contribution in [1.82, 2.24) is 10.2 Å². The predicted molar refractivity (Wildman–Crippen MR) is 42.1 cm³/mol. The monoisotopic (exact) mass is 154 g/mol. The van der Waals surface area contributed by atoms with Gasteiger partial charge in [-0.2, -0.15) is 0 Å². The zero-order valence-corrected chi connectivity index (χ0v) is 6.84. The lowest BCUT2D eigenvalue weighted by Crippen LogP contribution is -2.38. The molecule has 11 heavy (non-hydrogen) atoms. The molecule has 2 saturated heterocycles. The maximum absolute atomic E-state index is 11.2. The minimum absolute atomic E-state index is 0.265. The lowest BCUT2D eigenvalue weighted by molar-refractivity contribution is -0.124. The third-order valence-electron chi connectivity index (χ3n) is 2.83. The van der Waals surface area contributed by atoms with Crippen molar-refractivity contribution in [3.8, 4) is 0 Å². The molecule has 1 amide bonds. The van der Waals surface area contributed by atoms with E-state index in [-0.39, 0.29) is 11.8 Å². The second-order valence-corrected chi connectivity index (χ2v) is 3.66. The van der Waals surface area contributed by atoms with E-state index in [0.717, 1.165) is 19.6 Å². The van der Waals surface area contributed by atoms with Gasteiger partial charge in [-0.05, 0) is 25.9 Å². The standard InChI is InChI=1S/C8H14N2O/c1-10-3-2-6-4-9-8(11)7(6)5-10/h6-7H,2-5H2,1H3,(H,9,11)/t6-,7-/m1/s1. The van der Waals surface area contributed by atoms with Crippen molar-refractivity contribution >= 4 is 5.91 Å². The van der Waals surface area contributed by atoms with Crippen LogP contribution in [0.3, 0.4) is 0 Å². The van der Waals surface area contributed by atoms with Crippen molar-refractivity contribution in [3.63, 3.8) is 0 Å². The van der Waals surface area contributed by atoms with E-state index in [2.05, 4.69) is 17.3 Å². The Morgan fingerprint density at radius 1 is 1.64 bits per heavy atom. The Morgan fingerprint density at radius 3 is 3.27 bits per heavy atom. The highest BCUT2D eigenvalue weighted by Crippen LogP contribution is 2.26. The van der Waals surface area contributed by atoms with Crippen LogP contribution >= 0.6 is 0 Å². The molecular formula is C8H14N2O. The average molecular weight is 154 g/mol. The third-order valence-corrected chi connectivity index (χ3v) is 2.83. The van der Waals surface area contributed by atoms with Crippen molar-refractivity contribution in [2.45, 2.75) is 6.42 Å². The topological polar surface area (TPSA) is 32.3 Å². The Labute approximate surface area is 66.8 Å². The van der Waals surface area contributed by atoms with Crippen LogP contribution in [0.4, 0.5) is 0 Å². The summed E-state index contributed by atoms with van der Waals surface area (Å²) in [5.74, 6) is 1.17. The summed E-state index contributed by atoms with van der Waals surface area (Å²) in [6.07, 6.45) is 1.18. The number of piperidine rings is 1. The van der Waals surface area contributed by atoms with Crippen LogP contribution in [0, 0.1) is 11.8 Å². The lowest BCUT2D eigenvalue weighted by atomic mass is 9.89. The first-order valence-corrected chi connectivity index (χ1v) is 4.23.